The number of fused-ring (bicyclic) bond motifs is 3. The number of amides is 3. The summed E-state index contributed by atoms with van der Waals surface area (Å²) >= 11 is 0. The fourth-order valence-electron chi connectivity index (χ4n) is 5.56. The number of cyclic esters (lactones) is 1. The number of aliphatic hydroxyl groups excluding tert-OH is 1. The Bertz CT molecular complexity index is 1530. The molecule has 0 radical (unpaired) electrons. The van der Waals surface area contributed by atoms with E-state index in [1.54, 1.807) is 58.3 Å². The standard InChI is InChI=1S/C33H43FN6O8/c1-20-7-5-12-35-28(42)10-9-21(2)30(22(3)18-47-33(45)37-27-11-14-39(4)38-27)48-32(44)26-8-6-13-40(26)31(43)25-19-46-29(36-25)17-23(34)16-24(41)15-20/h5,7,9-11,14-15,19,21-24,26,30,41H,6,8,12-13,16-18H2,1-4H3,(H,35,42)(H,37,38,45)/b7-5?,10-9+,20-15?/t21-,22+,23-,24-,26-,30+/m1/s1. The number of anilines is 1. The van der Waals surface area contributed by atoms with E-state index in [1.807, 2.05) is 0 Å². The van der Waals surface area contributed by atoms with Crippen LogP contribution in [-0.4, -0.2) is 92.8 Å². The molecule has 2 bridgehead atoms. The minimum atomic E-state index is -1.50. The van der Waals surface area contributed by atoms with E-state index in [1.165, 1.54) is 21.7 Å². The molecule has 1 saturated heterocycles. The van der Waals surface area contributed by atoms with Crippen LogP contribution in [0.2, 0.25) is 0 Å². The zero-order valence-corrected chi connectivity index (χ0v) is 27.5. The Morgan fingerprint density at radius 3 is 2.83 bits per heavy atom. The summed E-state index contributed by atoms with van der Waals surface area (Å²) in [4.78, 5) is 57.5. The third-order valence-electron chi connectivity index (χ3n) is 7.98. The lowest BCUT2D eigenvalue weighted by atomic mass is 9.93. The summed E-state index contributed by atoms with van der Waals surface area (Å²) in [7, 11) is 1.71. The molecule has 0 saturated carbocycles. The maximum atomic E-state index is 14.8. The number of esters is 1. The Morgan fingerprint density at radius 1 is 1.29 bits per heavy atom. The predicted octanol–water partition coefficient (Wildman–Crippen LogP) is 3.27. The first-order valence-corrected chi connectivity index (χ1v) is 15.9. The average Bonchev–Trinajstić information content (AvgIpc) is 3.80. The number of allylic oxidation sites excluding steroid dienone is 2. The van der Waals surface area contributed by atoms with Gasteiger partial charge in [0, 0.05) is 50.7 Å². The first-order chi connectivity index (χ1) is 22.9. The maximum Gasteiger partial charge on any atom is 0.412 e. The van der Waals surface area contributed by atoms with Crippen LogP contribution in [-0.2, 0) is 32.5 Å². The number of nitrogens with zero attached hydrogens (tertiary/aromatic N) is 4. The summed E-state index contributed by atoms with van der Waals surface area (Å²) in [5, 5.41) is 19.7. The van der Waals surface area contributed by atoms with Gasteiger partial charge in [-0.2, -0.15) is 5.10 Å². The van der Waals surface area contributed by atoms with E-state index in [9.17, 15) is 28.7 Å². The highest BCUT2D eigenvalue weighted by atomic mass is 19.1. The molecule has 0 aromatic carbocycles. The molecule has 2 aromatic heterocycles. The van der Waals surface area contributed by atoms with E-state index in [0.717, 1.165) is 6.26 Å². The maximum absolute atomic E-state index is 14.8. The van der Waals surface area contributed by atoms with Crippen LogP contribution in [0.5, 0.6) is 0 Å². The Morgan fingerprint density at radius 2 is 2.08 bits per heavy atom. The zero-order valence-electron chi connectivity index (χ0n) is 27.5. The predicted molar refractivity (Wildman–Crippen MR) is 171 cm³/mol. The largest absolute Gasteiger partial charge is 0.460 e. The zero-order chi connectivity index (χ0) is 34.8. The van der Waals surface area contributed by atoms with Gasteiger partial charge in [-0.1, -0.05) is 43.7 Å². The van der Waals surface area contributed by atoms with Crippen molar-refractivity contribution in [1.82, 2.24) is 25.0 Å². The molecular formula is C33H43FN6O8. The SMILES string of the molecule is CC1=C[C@@H](O)C[C@@H](F)Cc2nc(co2)C(=O)N2CCC[C@@H]2C(=O)O[C@H]([C@@H](C)COC(=O)Nc2ccn(C)n2)[C@H](C)/C=C/C(=O)NCC=C1. The number of carbonyl (C=O) groups is 4. The van der Waals surface area contributed by atoms with E-state index in [-0.39, 0.29) is 44.1 Å². The second-order valence-electron chi connectivity index (χ2n) is 12.1. The molecule has 14 nitrogen and oxygen atoms in total. The third kappa shape index (κ3) is 10.4. The molecule has 3 N–H and O–H groups in total. The Balaban J connectivity index is 1.54. The van der Waals surface area contributed by atoms with Crippen molar-refractivity contribution < 1.29 is 42.6 Å². The molecule has 260 valence electrons. The number of halogens is 1. The van der Waals surface area contributed by atoms with Gasteiger partial charge in [-0.05, 0) is 25.8 Å². The molecule has 1 fully saturated rings. The molecule has 0 unspecified atom stereocenters. The summed E-state index contributed by atoms with van der Waals surface area (Å²) in [6.07, 6.45) is 6.86. The van der Waals surface area contributed by atoms with E-state index < -0.39 is 60.1 Å². The van der Waals surface area contributed by atoms with Crippen molar-refractivity contribution in [3.63, 3.8) is 0 Å². The fourth-order valence-corrected chi connectivity index (χ4v) is 5.56. The van der Waals surface area contributed by atoms with Gasteiger partial charge in [-0.25, -0.2) is 19.0 Å². The number of aryl methyl sites for hydroxylation is 1. The Kier molecular flexibility index (Phi) is 12.7. The lowest BCUT2D eigenvalue weighted by Crippen LogP contribution is -2.44. The number of ether oxygens (including phenoxy) is 2. The van der Waals surface area contributed by atoms with Gasteiger partial charge in [-0.3, -0.25) is 19.6 Å². The molecule has 2 aromatic rings. The molecule has 2 aliphatic heterocycles. The van der Waals surface area contributed by atoms with Crippen LogP contribution >= 0.6 is 0 Å². The average molecular weight is 671 g/mol. The Labute approximate surface area is 278 Å². The second-order valence-corrected chi connectivity index (χ2v) is 12.1. The molecule has 0 spiro atoms. The van der Waals surface area contributed by atoms with Gasteiger partial charge in [0.05, 0.1) is 19.1 Å². The first-order valence-electron chi connectivity index (χ1n) is 15.9. The summed E-state index contributed by atoms with van der Waals surface area (Å²) in [5.74, 6) is -2.34. The smallest absolute Gasteiger partial charge is 0.412 e. The van der Waals surface area contributed by atoms with Crippen LogP contribution in [0.3, 0.4) is 0 Å². The number of aromatic nitrogens is 3. The number of alkyl halides is 1. The van der Waals surface area contributed by atoms with Crippen LogP contribution in [0, 0.1) is 11.8 Å². The summed E-state index contributed by atoms with van der Waals surface area (Å²) < 4.78 is 33.1. The lowest BCUT2D eigenvalue weighted by molar-refractivity contribution is -0.159. The molecular weight excluding hydrogens is 627 g/mol. The lowest BCUT2D eigenvalue weighted by Gasteiger charge is -2.30. The molecule has 2 aliphatic rings. The van der Waals surface area contributed by atoms with Crippen molar-refractivity contribution in [2.75, 3.05) is 25.0 Å². The van der Waals surface area contributed by atoms with Gasteiger partial charge in [0.2, 0.25) is 5.91 Å². The Hall–Kier alpha value is -4.79. The number of aliphatic hydroxyl groups is 1. The van der Waals surface area contributed by atoms with Crippen LogP contribution in [0.4, 0.5) is 15.0 Å². The van der Waals surface area contributed by atoms with Gasteiger partial charge in [0.15, 0.2) is 17.4 Å². The molecule has 15 heteroatoms. The van der Waals surface area contributed by atoms with Crippen LogP contribution in [0.25, 0.3) is 0 Å². The monoisotopic (exact) mass is 670 g/mol. The van der Waals surface area contributed by atoms with E-state index in [4.69, 9.17) is 13.9 Å². The molecule has 4 rings (SSSR count). The molecule has 6 atom stereocenters. The normalized spacial score (nSPS) is 26.1. The number of hydrogen-bond donors (Lipinski definition) is 3. The summed E-state index contributed by atoms with van der Waals surface area (Å²) in [6, 6.07) is 0.682. The van der Waals surface area contributed by atoms with Crippen molar-refractivity contribution in [2.45, 2.75) is 70.9 Å². The summed E-state index contributed by atoms with van der Waals surface area (Å²) in [5.41, 5.74) is 0.599. The number of oxazole rings is 1. The van der Waals surface area contributed by atoms with Gasteiger partial charge < -0.3 is 29.2 Å². The molecule has 0 aliphatic carbocycles. The van der Waals surface area contributed by atoms with Gasteiger partial charge in [0.25, 0.3) is 5.91 Å². The second kappa shape index (κ2) is 16.9. The van der Waals surface area contributed by atoms with Crippen molar-refractivity contribution in [3.8, 4) is 0 Å². The van der Waals surface area contributed by atoms with Crippen molar-refractivity contribution in [2.24, 2.45) is 18.9 Å². The number of hydrogen-bond acceptors (Lipinski definition) is 10. The van der Waals surface area contributed by atoms with Crippen LogP contribution in [0.15, 0.2) is 58.9 Å². The topological polar surface area (TPSA) is 178 Å². The first kappa shape index (κ1) is 36.1. The van der Waals surface area contributed by atoms with Gasteiger partial charge in [0.1, 0.15) is 24.6 Å². The van der Waals surface area contributed by atoms with Crippen molar-refractivity contribution in [1.29, 1.82) is 0 Å². The molecule has 3 amide bonds. The van der Waals surface area contributed by atoms with Gasteiger partial charge >= 0.3 is 12.1 Å². The highest BCUT2D eigenvalue weighted by Crippen LogP contribution is 2.26. The molecule has 48 heavy (non-hydrogen) atoms. The number of carbonyl (C=O) groups excluding carboxylic acids is 4. The van der Waals surface area contributed by atoms with E-state index >= 15 is 0 Å². The quantitative estimate of drug-likeness (QED) is 0.409. The number of nitrogens with one attached hydrogen (secondary N) is 2. The van der Waals surface area contributed by atoms with Crippen molar-refractivity contribution in [3.05, 3.63) is 66.1 Å². The van der Waals surface area contributed by atoms with E-state index in [2.05, 4.69) is 20.7 Å². The third-order valence-corrected chi connectivity index (χ3v) is 7.98. The van der Waals surface area contributed by atoms with Crippen LogP contribution < -0.4 is 10.6 Å². The number of rotatable bonds is 4. The highest BCUT2D eigenvalue weighted by Gasteiger charge is 2.39. The van der Waals surface area contributed by atoms with E-state index in [0.29, 0.717) is 24.2 Å². The minimum absolute atomic E-state index is 0.00677. The van der Waals surface area contributed by atoms with Crippen molar-refractivity contribution >= 4 is 29.7 Å². The minimum Gasteiger partial charge on any atom is -0.460 e. The fraction of sp³-hybridized carbons (Fsp3) is 0.515. The van der Waals surface area contributed by atoms with Gasteiger partial charge in [-0.15, -0.1) is 0 Å². The highest BCUT2D eigenvalue weighted by molar-refractivity contribution is 5.95. The van der Waals surface area contributed by atoms with Crippen LogP contribution in [0.1, 0.15) is 56.4 Å². The molecule has 4 heterocycles. The summed E-state index contributed by atoms with van der Waals surface area (Å²) in [6.45, 7) is 5.58.